The molecule has 23 heavy (non-hydrogen) atoms. The number of nitrogens with zero attached hydrogens (tertiary/aromatic N) is 2. The minimum Gasteiger partial charge on any atom is -0.366 e. The number of aryl methyl sites for hydroxylation is 1. The molecule has 2 heterocycles. The summed E-state index contributed by atoms with van der Waals surface area (Å²) in [6.07, 6.45) is 3.75. The number of anilines is 1. The molecule has 0 saturated heterocycles. The number of hydrogen-bond acceptors (Lipinski definition) is 4. The number of nitrogens with one attached hydrogen (secondary N) is 1. The fourth-order valence-electron chi connectivity index (χ4n) is 2.07. The van der Waals surface area contributed by atoms with Crippen LogP contribution in [0.1, 0.15) is 25.7 Å². The van der Waals surface area contributed by atoms with Gasteiger partial charge in [0, 0.05) is 23.6 Å². The molecule has 0 radical (unpaired) electrons. The van der Waals surface area contributed by atoms with E-state index >= 15 is 0 Å². The van der Waals surface area contributed by atoms with Gasteiger partial charge in [0.15, 0.2) is 5.13 Å². The molecule has 0 atom stereocenters. The van der Waals surface area contributed by atoms with Crippen molar-refractivity contribution in [2.45, 2.75) is 6.92 Å². The molecule has 3 aromatic rings. The van der Waals surface area contributed by atoms with Crippen molar-refractivity contribution in [3.05, 3.63) is 64.9 Å². The fourth-order valence-corrected chi connectivity index (χ4v) is 3.00. The monoisotopic (exact) mass is 326 g/mol. The molecule has 3 rings (SSSR count). The molecule has 6 nitrogen and oxygen atoms in total. The Bertz CT molecular complexity index is 851. The Hall–Kier alpha value is -2.93. The van der Waals surface area contributed by atoms with Gasteiger partial charge in [0.25, 0.3) is 5.91 Å². The highest BCUT2D eigenvalue weighted by molar-refractivity contribution is 7.16. The smallest absolute Gasteiger partial charge is 0.267 e. The number of thiazole rings is 1. The Balaban J connectivity index is 1.79. The summed E-state index contributed by atoms with van der Waals surface area (Å²) >= 11 is 1.32. The van der Waals surface area contributed by atoms with Crippen LogP contribution in [0.25, 0.3) is 5.13 Å². The first-order valence-corrected chi connectivity index (χ1v) is 7.68. The molecule has 0 aliphatic rings. The van der Waals surface area contributed by atoms with E-state index in [-0.39, 0.29) is 5.91 Å². The zero-order valence-corrected chi connectivity index (χ0v) is 13.1. The molecule has 2 aromatic heterocycles. The van der Waals surface area contributed by atoms with E-state index in [0.717, 1.165) is 5.13 Å². The average molecular weight is 326 g/mol. The lowest BCUT2D eigenvalue weighted by atomic mass is 10.2. The molecule has 2 amide bonds. The molecule has 0 aliphatic carbocycles. The minimum atomic E-state index is -0.502. The number of primary amides is 1. The van der Waals surface area contributed by atoms with Gasteiger partial charge in [0.2, 0.25) is 5.91 Å². The van der Waals surface area contributed by atoms with Gasteiger partial charge in [-0.25, -0.2) is 4.98 Å². The maximum atomic E-state index is 12.4. The third-order valence-corrected chi connectivity index (χ3v) is 4.41. The van der Waals surface area contributed by atoms with Gasteiger partial charge in [-0.15, -0.1) is 0 Å². The van der Waals surface area contributed by atoms with Crippen LogP contribution in [0.3, 0.4) is 0 Å². The minimum absolute atomic E-state index is 0.231. The zero-order chi connectivity index (χ0) is 16.4. The first-order chi connectivity index (χ1) is 11.0. The summed E-state index contributed by atoms with van der Waals surface area (Å²) in [5.41, 5.74) is 6.85. The van der Waals surface area contributed by atoms with Crippen LogP contribution in [-0.2, 0) is 0 Å². The Labute approximate surface area is 136 Å². The van der Waals surface area contributed by atoms with Crippen molar-refractivity contribution in [2.75, 3.05) is 5.32 Å². The van der Waals surface area contributed by atoms with E-state index in [4.69, 9.17) is 5.73 Å². The number of carbonyl (C=O) groups excluding carboxylic acids is 2. The second-order valence-corrected chi connectivity index (χ2v) is 5.87. The summed E-state index contributed by atoms with van der Waals surface area (Å²) < 4.78 is 1.86. The summed E-state index contributed by atoms with van der Waals surface area (Å²) in [7, 11) is 0. The largest absolute Gasteiger partial charge is 0.366 e. The lowest BCUT2D eigenvalue weighted by Gasteiger charge is -2.04. The van der Waals surface area contributed by atoms with E-state index in [1.54, 1.807) is 31.2 Å². The molecule has 7 heteroatoms. The zero-order valence-electron chi connectivity index (χ0n) is 12.3. The molecule has 0 spiro atoms. The summed E-state index contributed by atoms with van der Waals surface area (Å²) in [4.78, 5) is 28.4. The average Bonchev–Trinajstić information content (AvgIpc) is 3.16. The third kappa shape index (κ3) is 3.14. The van der Waals surface area contributed by atoms with Crippen molar-refractivity contribution in [1.29, 1.82) is 0 Å². The molecule has 3 N–H and O–H groups in total. The summed E-state index contributed by atoms with van der Waals surface area (Å²) in [5, 5.41) is 3.53. The van der Waals surface area contributed by atoms with Gasteiger partial charge in [-0.1, -0.05) is 11.3 Å². The van der Waals surface area contributed by atoms with Crippen LogP contribution in [-0.4, -0.2) is 21.4 Å². The number of benzene rings is 1. The van der Waals surface area contributed by atoms with Crippen molar-refractivity contribution in [3.8, 4) is 5.13 Å². The van der Waals surface area contributed by atoms with Crippen LogP contribution in [0.5, 0.6) is 0 Å². The molecule has 0 aliphatic heterocycles. The molecule has 0 bridgehead atoms. The van der Waals surface area contributed by atoms with Crippen LogP contribution in [0.2, 0.25) is 0 Å². The molecule has 116 valence electrons. The standard InChI is InChI=1S/C16H14N4O2S/c1-10-13(23-16(18-10)20-8-2-3-9-20)15(22)19-12-6-4-11(5-7-12)14(17)21/h2-9H,1H3,(H2,17,21)(H,19,22). The summed E-state index contributed by atoms with van der Waals surface area (Å²) in [6, 6.07) is 10.2. The quantitative estimate of drug-likeness (QED) is 0.772. The molecule has 0 fully saturated rings. The number of amides is 2. The van der Waals surface area contributed by atoms with Gasteiger partial charge in [-0.3, -0.25) is 9.59 Å². The maximum Gasteiger partial charge on any atom is 0.267 e. The van der Waals surface area contributed by atoms with Crippen molar-refractivity contribution in [1.82, 2.24) is 9.55 Å². The molecular weight excluding hydrogens is 312 g/mol. The van der Waals surface area contributed by atoms with Gasteiger partial charge in [-0.05, 0) is 43.3 Å². The predicted octanol–water partition coefficient (Wildman–Crippen LogP) is 2.59. The van der Waals surface area contributed by atoms with E-state index in [1.807, 2.05) is 29.1 Å². The highest BCUT2D eigenvalue weighted by Gasteiger charge is 2.16. The second-order valence-electron chi connectivity index (χ2n) is 4.90. The number of hydrogen-bond donors (Lipinski definition) is 2. The molecule has 0 saturated carbocycles. The first-order valence-electron chi connectivity index (χ1n) is 6.86. The topological polar surface area (TPSA) is 90.0 Å². The molecule has 1 aromatic carbocycles. The second kappa shape index (κ2) is 6.05. The van der Waals surface area contributed by atoms with Gasteiger partial charge in [-0.2, -0.15) is 0 Å². The maximum absolute atomic E-state index is 12.4. The lowest BCUT2D eigenvalue weighted by molar-refractivity contribution is 0.0998. The fraction of sp³-hybridized carbons (Fsp3) is 0.0625. The number of carbonyl (C=O) groups is 2. The van der Waals surface area contributed by atoms with Crippen LogP contribution in [0, 0.1) is 6.92 Å². The van der Waals surface area contributed by atoms with E-state index in [2.05, 4.69) is 10.3 Å². The first kappa shape index (κ1) is 15.0. The Morgan fingerprint density at radius 1 is 1.17 bits per heavy atom. The lowest BCUT2D eigenvalue weighted by Crippen LogP contribution is -2.13. The normalized spacial score (nSPS) is 10.5. The summed E-state index contributed by atoms with van der Waals surface area (Å²) in [5.74, 6) is -0.734. The van der Waals surface area contributed by atoms with Crippen LogP contribution in [0.4, 0.5) is 5.69 Å². The highest BCUT2D eigenvalue weighted by atomic mass is 32.1. The SMILES string of the molecule is Cc1nc(-n2cccc2)sc1C(=O)Nc1ccc(C(N)=O)cc1. The van der Waals surface area contributed by atoms with E-state index in [0.29, 0.717) is 21.8 Å². The Morgan fingerprint density at radius 3 is 2.43 bits per heavy atom. The van der Waals surface area contributed by atoms with Gasteiger partial charge in [0.1, 0.15) is 4.88 Å². The van der Waals surface area contributed by atoms with E-state index in [1.165, 1.54) is 11.3 Å². The van der Waals surface area contributed by atoms with Gasteiger partial charge < -0.3 is 15.6 Å². The third-order valence-electron chi connectivity index (χ3n) is 3.24. The van der Waals surface area contributed by atoms with Crippen LogP contribution >= 0.6 is 11.3 Å². The van der Waals surface area contributed by atoms with E-state index < -0.39 is 5.91 Å². The Kier molecular flexibility index (Phi) is 3.94. The number of nitrogens with two attached hydrogens (primary N) is 1. The summed E-state index contributed by atoms with van der Waals surface area (Å²) in [6.45, 7) is 1.80. The van der Waals surface area contributed by atoms with Crippen molar-refractivity contribution >= 4 is 28.8 Å². The number of aromatic nitrogens is 2. The van der Waals surface area contributed by atoms with E-state index in [9.17, 15) is 9.59 Å². The predicted molar refractivity (Wildman–Crippen MR) is 89.1 cm³/mol. The van der Waals surface area contributed by atoms with Crippen molar-refractivity contribution in [2.24, 2.45) is 5.73 Å². The highest BCUT2D eigenvalue weighted by Crippen LogP contribution is 2.23. The molecule has 0 unspecified atom stereocenters. The van der Waals surface area contributed by atoms with Gasteiger partial charge >= 0.3 is 0 Å². The van der Waals surface area contributed by atoms with Crippen molar-refractivity contribution in [3.63, 3.8) is 0 Å². The Morgan fingerprint density at radius 2 is 1.83 bits per heavy atom. The van der Waals surface area contributed by atoms with Crippen LogP contribution in [0.15, 0.2) is 48.8 Å². The number of rotatable bonds is 4. The molecular formula is C16H14N4O2S. The van der Waals surface area contributed by atoms with Gasteiger partial charge in [0.05, 0.1) is 5.69 Å². The van der Waals surface area contributed by atoms with Crippen LogP contribution < -0.4 is 11.1 Å². The van der Waals surface area contributed by atoms with Crippen molar-refractivity contribution < 1.29 is 9.59 Å².